The van der Waals surface area contributed by atoms with Crippen LogP contribution in [0.1, 0.15) is 24.4 Å². The quantitative estimate of drug-likeness (QED) is 0.860. The third-order valence-corrected chi connectivity index (χ3v) is 4.08. The molecule has 0 saturated carbocycles. The Morgan fingerprint density at radius 1 is 1.40 bits per heavy atom. The predicted molar refractivity (Wildman–Crippen MR) is 78.4 cm³/mol. The molecule has 5 nitrogen and oxygen atoms in total. The summed E-state index contributed by atoms with van der Waals surface area (Å²) in [5, 5.41) is 18.1. The van der Waals surface area contributed by atoms with Crippen molar-refractivity contribution in [3.63, 3.8) is 0 Å². The average Bonchev–Trinajstić information content (AvgIpc) is 2.77. The molecule has 0 aliphatic heterocycles. The molecular weight excluding hydrogens is 298 g/mol. The molecule has 0 spiro atoms. The maximum atomic E-state index is 10.7. The van der Waals surface area contributed by atoms with Crippen LogP contribution in [0.4, 0.5) is 0 Å². The summed E-state index contributed by atoms with van der Waals surface area (Å²) in [5.41, 5.74) is 1.06. The number of aliphatic carboxylic acids is 1. The van der Waals surface area contributed by atoms with Crippen molar-refractivity contribution in [3.8, 4) is 0 Å². The number of hydrogen-bond donors (Lipinski definition) is 1. The number of benzene rings is 1. The normalized spacial score (nSPS) is 12.3. The van der Waals surface area contributed by atoms with Gasteiger partial charge in [-0.3, -0.25) is 9.36 Å². The fraction of sp³-hybridized carbons (Fsp3) is 0.308. The Kier molecular flexibility index (Phi) is 4.67. The van der Waals surface area contributed by atoms with Gasteiger partial charge >= 0.3 is 5.97 Å². The number of carboxylic acids is 1. The van der Waals surface area contributed by atoms with Gasteiger partial charge in [0.05, 0.1) is 11.8 Å². The summed E-state index contributed by atoms with van der Waals surface area (Å²) in [4.78, 5) is 10.7. The van der Waals surface area contributed by atoms with E-state index in [-0.39, 0.29) is 11.8 Å². The Morgan fingerprint density at radius 3 is 2.65 bits per heavy atom. The van der Waals surface area contributed by atoms with E-state index in [1.165, 1.54) is 11.8 Å². The lowest BCUT2D eigenvalue weighted by molar-refractivity contribution is -0.133. The topological polar surface area (TPSA) is 68.0 Å². The molecule has 0 fully saturated rings. The zero-order chi connectivity index (χ0) is 14.7. The van der Waals surface area contributed by atoms with Gasteiger partial charge in [0.1, 0.15) is 5.82 Å². The third kappa shape index (κ3) is 3.32. The maximum Gasteiger partial charge on any atom is 0.313 e. The van der Waals surface area contributed by atoms with Gasteiger partial charge in [-0.15, -0.1) is 10.2 Å². The van der Waals surface area contributed by atoms with E-state index in [9.17, 15) is 4.79 Å². The molecule has 0 aliphatic rings. The lowest BCUT2D eigenvalue weighted by Crippen LogP contribution is -2.11. The summed E-state index contributed by atoms with van der Waals surface area (Å²) in [6, 6.07) is 7.56. The number of aryl methyl sites for hydroxylation is 1. The Bertz CT molecular complexity index is 613. The second kappa shape index (κ2) is 6.28. The summed E-state index contributed by atoms with van der Waals surface area (Å²) >= 11 is 7.05. The smallest absolute Gasteiger partial charge is 0.313 e. The Balaban J connectivity index is 2.28. The van der Waals surface area contributed by atoms with Crippen molar-refractivity contribution < 1.29 is 9.90 Å². The van der Waals surface area contributed by atoms with Crippen LogP contribution in [-0.2, 0) is 4.79 Å². The molecule has 1 heterocycles. The predicted octanol–water partition coefficient (Wildman–Crippen LogP) is 3.03. The van der Waals surface area contributed by atoms with Crippen molar-refractivity contribution in [2.24, 2.45) is 0 Å². The van der Waals surface area contributed by atoms with Crippen LogP contribution < -0.4 is 0 Å². The molecule has 1 aromatic carbocycles. The highest BCUT2D eigenvalue weighted by molar-refractivity contribution is 7.99. The second-order valence-electron chi connectivity index (χ2n) is 4.31. The number of aromatic nitrogens is 3. The van der Waals surface area contributed by atoms with Gasteiger partial charge in [0.15, 0.2) is 5.16 Å². The number of carboxylic acid groups (broad SMARTS) is 1. The van der Waals surface area contributed by atoms with E-state index in [2.05, 4.69) is 10.2 Å². The zero-order valence-corrected chi connectivity index (χ0v) is 12.6. The van der Waals surface area contributed by atoms with Crippen LogP contribution in [0.25, 0.3) is 0 Å². The number of rotatable bonds is 5. The first kappa shape index (κ1) is 14.9. The molecule has 2 aromatic rings. The van der Waals surface area contributed by atoms with Crippen LogP contribution in [0.5, 0.6) is 0 Å². The molecule has 7 heteroatoms. The molecule has 0 bridgehead atoms. The molecule has 1 N–H and O–H groups in total. The minimum absolute atomic E-state index is 0.0126. The van der Waals surface area contributed by atoms with E-state index in [4.69, 9.17) is 16.7 Å². The lowest BCUT2D eigenvalue weighted by atomic mass is 10.1. The van der Waals surface area contributed by atoms with Crippen molar-refractivity contribution >= 4 is 29.3 Å². The number of nitrogens with zero attached hydrogens (tertiary/aromatic N) is 3. The molecular formula is C13H14ClN3O2S. The van der Waals surface area contributed by atoms with Crippen LogP contribution in [0.2, 0.25) is 5.02 Å². The summed E-state index contributed by atoms with van der Waals surface area (Å²) in [5.74, 6) is -0.160. The highest BCUT2D eigenvalue weighted by Gasteiger charge is 2.17. The first-order valence-electron chi connectivity index (χ1n) is 6.00. The molecule has 0 amide bonds. The van der Waals surface area contributed by atoms with E-state index in [1.807, 2.05) is 42.7 Å². The summed E-state index contributed by atoms with van der Waals surface area (Å²) < 4.78 is 1.93. The van der Waals surface area contributed by atoms with Crippen LogP contribution >= 0.6 is 23.4 Å². The molecule has 106 valence electrons. The van der Waals surface area contributed by atoms with Crippen molar-refractivity contribution in [2.45, 2.75) is 25.0 Å². The maximum absolute atomic E-state index is 10.7. The first-order chi connectivity index (χ1) is 9.49. The fourth-order valence-electron chi connectivity index (χ4n) is 1.91. The summed E-state index contributed by atoms with van der Waals surface area (Å²) in [7, 11) is 0. The molecule has 1 aromatic heterocycles. The number of halogens is 1. The van der Waals surface area contributed by atoms with Gasteiger partial charge in [-0.1, -0.05) is 35.5 Å². The average molecular weight is 312 g/mol. The van der Waals surface area contributed by atoms with Crippen LogP contribution in [0.15, 0.2) is 29.4 Å². The van der Waals surface area contributed by atoms with E-state index < -0.39 is 5.97 Å². The van der Waals surface area contributed by atoms with Gasteiger partial charge in [0.25, 0.3) is 0 Å². The molecule has 0 radical (unpaired) electrons. The monoisotopic (exact) mass is 311 g/mol. The van der Waals surface area contributed by atoms with Crippen LogP contribution in [0, 0.1) is 6.92 Å². The largest absolute Gasteiger partial charge is 0.481 e. The van der Waals surface area contributed by atoms with Gasteiger partial charge in [0, 0.05) is 5.02 Å². The summed E-state index contributed by atoms with van der Waals surface area (Å²) in [6.45, 7) is 3.87. The molecule has 1 unspecified atom stereocenters. The molecule has 0 saturated heterocycles. The zero-order valence-electron chi connectivity index (χ0n) is 11.1. The Hall–Kier alpha value is -1.53. The van der Waals surface area contributed by atoms with Crippen molar-refractivity contribution in [2.75, 3.05) is 5.75 Å². The lowest BCUT2D eigenvalue weighted by Gasteiger charge is -2.17. The second-order valence-corrected chi connectivity index (χ2v) is 5.69. The molecule has 1 atom stereocenters. The SMILES string of the molecule is Cc1nnc(SCC(=O)O)n1C(C)c1ccc(Cl)cc1. The summed E-state index contributed by atoms with van der Waals surface area (Å²) in [6.07, 6.45) is 0. The number of carbonyl (C=O) groups is 1. The highest BCUT2D eigenvalue weighted by atomic mass is 35.5. The van der Waals surface area contributed by atoms with Gasteiger partial charge in [-0.2, -0.15) is 0 Å². The standard InChI is InChI=1S/C13H14ClN3O2S/c1-8(10-3-5-11(14)6-4-10)17-9(2)15-16-13(17)20-7-12(18)19/h3-6,8H,7H2,1-2H3,(H,18,19). The van der Waals surface area contributed by atoms with Crippen molar-refractivity contribution in [1.82, 2.24) is 14.8 Å². The number of hydrogen-bond acceptors (Lipinski definition) is 4. The van der Waals surface area contributed by atoms with Gasteiger partial charge in [-0.25, -0.2) is 0 Å². The van der Waals surface area contributed by atoms with E-state index >= 15 is 0 Å². The first-order valence-corrected chi connectivity index (χ1v) is 7.37. The van der Waals surface area contributed by atoms with E-state index in [0.29, 0.717) is 10.2 Å². The number of thioether (sulfide) groups is 1. The highest BCUT2D eigenvalue weighted by Crippen LogP contribution is 2.26. The van der Waals surface area contributed by atoms with Gasteiger partial charge in [0.2, 0.25) is 0 Å². The molecule has 20 heavy (non-hydrogen) atoms. The molecule has 0 aliphatic carbocycles. The Morgan fingerprint density at radius 2 is 2.05 bits per heavy atom. The van der Waals surface area contributed by atoms with E-state index in [1.54, 1.807) is 0 Å². The van der Waals surface area contributed by atoms with Crippen molar-refractivity contribution in [3.05, 3.63) is 40.7 Å². The van der Waals surface area contributed by atoms with Crippen LogP contribution in [-0.4, -0.2) is 31.6 Å². The van der Waals surface area contributed by atoms with Gasteiger partial charge < -0.3 is 5.11 Å². The molecule has 2 rings (SSSR count). The fourth-order valence-corrected chi connectivity index (χ4v) is 2.82. The Labute approximate surface area is 126 Å². The van der Waals surface area contributed by atoms with E-state index in [0.717, 1.165) is 11.4 Å². The minimum Gasteiger partial charge on any atom is -0.481 e. The van der Waals surface area contributed by atoms with Gasteiger partial charge in [-0.05, 0) is 31.5 Å². The van der Waals surface area contributed by atoms with Crippen molar-refractivity contribution in [1.29, 1.82) is 0 Å². The minimum atomic E-state index is -0.874. The third-order valence-electron chi connectivity index (χ3n) is 2.90. The van der Waals surface area contributed by atoms with Crippen LogP contribution in [0.3, 0.4) is 0 Å².